The topological polar surface area (TPSA) is 38.7 Å². The largest absolute Gasteiger partial charge is 0.393 e. The van der Waals surface area contributed by atoms with Gasteiger partial charge in [0.15, 0.2) is 6.29 Å². The van der Waals surface area contributed by atoms with E-state index in [4.69, 9.17) is 9.47 Å². The summed E-state index contributed by atoms with van der Waals surface area (Å²) in [5.74, 6) is 0.466. The van der Waals surface area contributed by atoms with E-state index in [0.29, 0.717) is 12.5 Å². The van der Waals surface area contributed by atoms with E-state index in [0.717, 1.165) is 25.7 Å². The van der Waals surface area contributed by atoms with Crippen LogP contribution in [-0.4, -0.2) is 31.2 Å². The lowest BCUT2D eigenvalue weighted by Gasteiger charge is -2.30. The van der Waals surface area contributed by atoms with E-state index in [-0.39, 0.29) is 12.4 Å². The summed E-state index contributed by atoms with van der Waals surface area (Å²) in [5.41, 5.74) is 0. The Morgan fingerprint density at radius 2 is 1.92 bits per heavy atom. The second kappa shape index (κ2) is 5.58. The van der Waals surface area contributed by atoms with Crippen molar-refractivity contribution in [3.63, 3.8) is 0 Å². The molecule has 0 spiro atoms. The maximum absolute atomic E-state index is 9.33. The first-order valence-corrected chi connectivity index (χ1v) is 5.10. The molecule has 78 valence electrons. The number of hydrogen-bond donors (Lipinski definition) is 1. The minimum absolute atomic E-state index is 0.0718. The standard InChI is InChI=1S/C10H20O3/c1-3-13-10(12-2)8-4-6-9(11)7-5-8/h8-11H,3-7H2,1-2H3. The summed E-state index contributed by atoms with van der Waals surface area (Å²) in [5, 5.41) is 9.33. The van der Waals surface area contributed by atoms with E-state index in [1.807, 2.05) is 6.92 Å². The smallest absolute Gasteiger partial charge is 0.159 e. The number of methoxy groups -OCH3 is 1. The van der Waals surface area contributed by atoms with Crippen molar-refractivity contribution in [2.24, 2.45) is 5.92 Å². The van der Waals surface area contributed by atoms with Crippen LogP contribution in [0.3, 0.4) is 0 Å². The Morgan fingerprint density at radius 1 is 1.31 bits per heavy atom. The monoisotopic (exact) mass is 188 g/mol. The molecule has 3 heteroatoms. The van der Waals surface area contributed by atoms with Crippen molar-refractivity contribution in [1.82, 2.24) is 0 Å². The number of hydrogen-bond acceptors (Lipinski definition) is 3. The van der Waals surface area contributed by atoms with Gasteiger partial charge < -0.3 is 14.6 Å². The summed E-state index contributed by atoms with van der Waals surface area (Å²) < 4.78 is 10.7. The maximum atomic E-state index is 9.33. The molecule has 3 nitrogen and oxygen atoms in total. The molecule has 0 aliphatic heterocycles. The van der Waals surface area contributed by atoms with Crippen LogP contribution < -0.4 is 0 Å². The molecular weight excluding hydrogens is 168 g/mol. The lowest BCUT2D eigenvalue weighted by Crippen LogP contribution is -2.31. The summed E-state index contributed by atoms with van der Waals surface area (Å²) >= 11 is 0. The minimum atomic E-state index is -0.101. The summed E-state index contributed by atoms with van der Waals surface area (Å²) in [4.78, 5) is 0. The molecule has 13 heavy (non-hydrogen) atoms. The van der Waals surface area contributed by atoms with Crippen molar-refractivity contribution in [1.29, 1.82) is 0 Å². The van der Waals surface area contributed by atoms with Gasteiger partial charge in [-0.05, 0) is 32.6 Å². The molecule has 1 unspecified atom stereocenters. The van der Waals surface area contributed by atoms with E-state index in [1.165, 1.54) is 0 Å². The Bertz CT molecular complexity index is 130. The molecule has 0 aromatic carbocycles. The van der Waals surface area contributed by atoms with E-state index < -0.39 is 0 Å². The number of aliphatic hydroxyl groups is 1. The van der Waals surface area contributed by atoms with Gasteiger partial charge >= 0.3 is 0 Å². The molecule has 0 radical (unpaired) electrons. The highest BCUT2D eigenvalue weighted by atomic mass is 16.7. The predicted octanol–water partition coefficient (Wildman–Crippen LogP) is 1.55. The second-order valence-electron chi connectivity index (χ2n) is 3.63. The molecule has 1 rings (SSSR count). The third-order valence-electron chi connectivity index (χ3n) is 2.69. The minimum Gasteiger partial charge on any atom is -0.393 e. The lowest BCUT2D eigenvalue weighted by molar-refractivity contribution is -0.162. The Morgan fingerprint density at radius 3 is 2.38 bits per heavy atom. The summed E-state index contributed by atoms with van der Waals surface area (Å²) in [7, 11) is 1.69. The summed E-state index contributed by atoms with van der Waals surface area (Å²) in [6.07, 6.45) is 3.63. The Kier molecular flexibility index (Phi) is 4.70. The van der Waals surface area contributed by atoms with Gasteiger partial charge in [0.2, 0.25) is 0 Å². The lowest BCUT2D eigenvalue weighted by atomic mass is 9.87. The molecule has 0 aromatic heterocycles. The molecule has 0 bridgehead atoms. The van der Waals surface area contributed by atoms with Gasteiger partial charge in [0, 0.05) is 19.6 Å². The quantitative estimate of drug-likeness (QED) is 0.680. The predicted molar refractivity (Wildman–Crippen MR) is 50.4 cm³/mol. The van der Waals surface area contributed by atoms with E-state index in [1.54, 1.807) is 7.11 Å². The first kappa shape index (κ1) is 11.0. The molecule has 1 N–H and O–H groups in total. The molecule has 1 saturated carbocycles. The Hall–Kier alpha value is -0.120. The average molecular weight is 188 g/mol. The zero-order valence-corrected chi connectivity index (χ0v) is 8.53. The van der Waals surface area contributed by atoms with Crippen molar-refractivity contribution in [3.05, 3.63) is 0 Å². The van der Waals surface area contributed by atoms with Gasteiger partial charge in [-0.15, -0.1) is 0 Å². The van der Waals surface area contributed by atoms with E-state index in [9.17, 15) is 5.11 Å². The van der Waals surface area contributed by atoms with Gasteiger partial charge in [0.05, 0.1) is 6.10 Å². The van der Waals surface area contributed by atoms with Crippen LogP contribution in [0.2, 0.25) is 0 Å². The highest BCUT2D eigenvalue weighted by Crippen LogP contribution is 2.28. The third-order valence-corrected chi connectivity index (χ3v) is 2.69. The highest BCUT2D eigenvalue weighted by molar-refractivity contribution is 4.73. The van der Waals surface area contributed by atoms with Crippen LogP contribution in [0.1, 0.15) is 32.6 Å². The number of rotatable bonds is 4. The fourth-order valence-electron chi connectivity index (χ4n) is 1.93. The van der Waals surface area contributed by atoms with Gasteiger partial charge in [-0.2, -0.15) is 0 Å². The van der Waals surface area contributed by atoms with Crippen LogP contribution >= 0.6 is 0 Å². The fraction of sp³-hybridized carbons (Fsp3) is 1.00. The maximum Gasteiger partial charge on any atom is 0.159 e. The van der Waals surface area contributed by atoms with Crippen molar-refractivity contribution >= 4 is 0 Å². The molecule has 1 aliphatic carbocycles. The van der Waals surface area contributed by atoms with Crippen LogP contribution in [-0.2, 0) is 9.47 Å². The Labute approximate surface area is 80.0 Å². The molecule has 0 heterocycles. The van der Waals surface area contributed by atoms with Crippen molar-refractivity contribution in [3.8, 4) is 0 Å². The van der Waals surface area contributed by atoms with Gasteiger partial charge in [0.1, 0.15) is 0 Å². The zero-order valence-electron chi connectivity index (χ0n) is 8.53. The van der Waals surface area contributed by atoms with Crippen molar-refractivity contribution in [2.75, 3.05) is 13.7 Å². The van der Waals surface area contributed by atoms with Crippen LogP contribution in [0.25, 0.3) is 0 Å². The van der Waals surface area contributed by atoms with Crippen LogP contribution in [0.15, 0.2) is 0 Å². The summed E-state index contributed by atoms with van der Waals surface area (Å²) in [6.45, 7) is 2.67. The average Bonchev–Trinajstić information content (AvgIpc) is 2.16. The highest BCUT2D eigenvalue weighted by Gasteiger charge is 2.26. The molecule has 0 saturated heterocycles. The third kappa shape index (κ3) is 3.25. The van der Waals surface area contributed by atoms with Crippen molar-refractivity contribution in [2.45, 2.75) is 45.0 Å². The first-order chi connectivity index (χ1) is 6.27. The second-order valence-corrected chi connectivity index (χ2v) is 3.63. The molecule has 1 aliphatic rings. The number of ether oxygens (including phenoxy) is 2. The molecule has 1 atom stereocenters. The van der Waals surface area contributed by atoms with E-state index in [2.05, 4.69) is 0 Å². The molecule has 0 aromatic rings. The fourth-order valence-corrected chi connectivity index (χ4v) is 1.93. The van der Waals surface area contributed by atoms with Crippen LogP contribution in [0, 0.1) is 5.92 Å². The van der Waals surface area contributed by atoms with Crippen LogP contribution in [0.5, 0.6) is 0 Å². The van der Waals surface area contributed by atoms with Gasteiger partial charge in [-0.3, -0.25) is 0 Å². The zero-order chi connectivity index (χ0) is 9.68. The van der Waals surface area contributed by atoms with Gasteiger partial charge in [-0.1, -0.05) is 0 Å². The van der Waals surface area contributed by atoms with Gasteiger partial charge in [-0.25, -0.2) is 0 Å². The van der Waals surface area contributed by atoms with E-state index >= 15 is 0 Å². The first-order valence-electron chi connectivity index (χ1n) is 5.10. The normalized spacial score (nSPS) is 31.6. The Balaban J connectivity index is 2.32. The SMILES string of the molecule is CCOC(OC)C1CCC(O)CC1. The molecular formula is C10H20O3. The van der Waals surface area contributed by atoms with Crippen LogP contribution in [0.4, 0.5) is 0 Å². The van der Waals surface area contributed by atoms with Crippen molar-refractivity contribution < 1.29 is 14.6 Å². The van der Waals surface area contributed by atoms with Gasteiger partial charge in [0.25, 0.3) is 0 Å². The molecule has 0 amide bonds. The number of aliphatic hydroxyl groups excluding tert-OH is 1. The summed E-state index contributed by atoms with van der Waals surface area (Å²) in [6, 6.07) is 0. The molecule has 1 fully saturated rings.